The van der Waals surface area contributed by atoms with Gasteiger partial charge in [0.1, 0.15) is 0 Å². The van der Waals surface area contributed by atoms with Gasteiger partial charge in [-0.1, -0.05) is 0 Å². The Kier molecular flexibility index (Phi) is 25.5. The summed E-state index contributed by atoms with van der Waals surface area (Å²) in [5.74, 6) is -3.25. The Morgan fingerprint density at radius 3 is 1.20 bits per heavy atom. The fourth-order valence-electron chi connectivity index (χ4n) is 0.118. The number of hydrogen-bond donors (Lipinski definition) is 0. The van der Waals surface area contributed by atoms with E-state index in [1.807, 2.05) is 0 Å². The van der Waals surface area contributed by atoms with Crippen LogP contribution in [0.25, 0.3) is 0 Å². The van der Waals surface area contributed by atoms with Crippen molar-refractivity contribution >= 4 is 11.9 Å². The predicted molar refractivity (Wildman–Crippen MR) is 24.4 cm³/mol. The fourth-order valence-corrected chi connectivity index (χ4v) is 0.118. The summed E-state index contributed by atoms with van der Waals surface area (Å²) in [6.07, 6.45) is -1.03. The molecule has 7 heteroatoms. The third-order valence-corrected chi connectivity index (χ3v) is 0.289. The van der Waals surface area contributed by atoms with Gasteiger partial charge in [0.05, 0.1) is 0 Å². The molecule has 0 spiro atoms. The Hall–Kier alpha value is -0.621. The first-order valence-corrected chi connectivity index (χ1v) is 1.52. The first kappa shape index (κ1) is 22.8. The molecular formula is C3H8CuO6+2. The topological polar surface area (TPSA) is 146 Å². The van der Waals surface area contributed by atoms with Crippen LogP contribution in [0.15, 0.2) is 0 Å². The number of aliphatic carboxylic acids is 2. The molecule has 0 bridgehead atoms. The van der Waals surface area contributed by atoms with Crippen LogP contribution in [0.1, 0.15) is 6.42 Å². The second-order valence-corrected chi connectivity index (χ2v) is 0.921. The molecule has 0 unspecified atom stereocenters. The molecule has 0 rings (SSSR count). The molecule has 1 radical (unpaired) electrons. The summed E-state index contributed by atoms with van der Waals surface area (Å²) < 4.78 is 0. The van der Waals surface area contributed by atoms with Crippen molar-refractivity contribution in [3.8, 4) is 0 Å². The first-order valence-electron chi connectivity index (χ1n) is 1.52. The van der Waals surface area contributed by atoms with Crippen LogP contribution in [-0.2, 0) is 37.6 Å². The summed E-state index contributed by atoms with van der Waals surface area (Å²) >= 11 is 0. The van der Waals surface area contributed by atoms with Gasteiger partial charge in [-0.25, -0.2) is 0 Å². The molecule has 0 aromatic rings. The summed E-state index contributed by atoms with van der Waals surface area (Å²) in [5.41, 5.74) is 0. The van der Waals surface area contributed by atoms with E-state index in [1.54, 1.807) is 0 Å². The molecule has 0 fully saturated rings. The summed E-state index contributed by atoms with van der Waals surface area (Å²) in [5, 5.41) is 18.6. The van der Waals surface area contributed by atoms with E-state index in [-0.39, 0.29) is 28.0 Å². The van der Waals surface area contributed by atoms with Crippen LogP contribution >= 0.6 is 0 Å². The van der Waals surface area contributed by atoms with Crippen LogP contribution in [0, 0.1) is 0 Å². The van der Waals surface area contributed by atoms with Crippen LogP contribution in [0.2, 0.25) is 0 Å². The number of hydrogen-bond acceptors (Lipinski definition) is 4. The van der Waals surface area contributed by atoms with Crippen molar-refractivity contribution in [3.63, 3.8) is 0 Å². The van der Waals surface area contributed by atoms with E-state index in [9.17, 15) is 19.8 Å². The molecule has 0 aromatic heterocycles. The summed E-state index contributed by atoms with van der Waals surface area (Å²) in [6.45, 7) is 0. The van der Waals surface area contributed by atoms with Gasteiger partial charge in [-0.3, -0.25) is 0 Å². The molecule has 0 heterocycles. The maximum Gasteiger partial charge on any atom is 2.00 e. The quantitative estimate of drug-likeness (QED) is 0.251. The molecular weight excluding hydrogens is 196 g/mol. The molecule has 0 saturated carbocycles. The molecule has 6 nitrogen and oxygen atoms in total. The minimum absolute atomic E-state index is 0. The van der Waals surface area contributed by atoms with Crippen molar-refractivity contribution < 1.29 is 47.8 Å². The monoisotopic (exact) mass is 203 g/mol. The smallest absolute Gasteiger partial charge is 0.550 e. The zero-order valence-electron chi connectivity index (χ0n) is 4.80. The number of carbonyl (C=O) groups is 2. The molecule has 10 heavy (non-hydrogen) atoms. The third kappa shape index (κ3) is 26.3. The van der Waals surface area contributed by atoms with E-state index >= 15 is 0 Å². The number of rotatable bonds is 2. The Morgan fingerprint density at radius 2 is 1.20 bits per heavy atom. The Bertz CT molecular complexity index is 89.2. The SMILES string of the molecule is O=C([O-])CC(=O)[O-].[Cu+2].[OH3+].[OH3+]. The second kappa shape index (κ2) is 11.2. The van der Waals surface area contributed by atoms with Gasteiger partial charge < -0.3 is 30.8 Å². The van der Waals surface area contributed by atoms with Crippen molar-refractivity contribution in [2.24, 2.45) is 0 Å². The van der Waals surface area contributed by atoms with Crippen molar-refractivity contribution in [1.82, 2.24) is 0 Å². The normalized spacial score (nSPS) is 5.60. The molecule has 0 aromatic carbocycles. The summed E-state index contributed by atoms with van der Waals surface area (Å²) in [6, 6.07) is 0. The van der Waals surface area contributed by atoms with Gasteiger partial charge >= 0.3 is 17.1 Å². The van der Waals surface area contributed by atoms with E-state index in [0.29, 0.717) is 0 Å². The van der Waals surface area contributed by atoms with Crippen molar-refractivity contribution in [3.05, 3.63) is 0 Å². The molecule has 0 aliphatic carbocycles. The first-order chi connectivity index (χ1) is 3.13. The molecule has 0 aliphatic heterocycles. The number of carboxylic acids is 2. The molecule has 6 N–H and O–H groups in total. The van der Waals surface area contributed by atoms with E-state index in [4.69, 9.17) is 0 Å². The Morgan fingerprint density at radius 1 is 1.00 bits per heavy atom. The fraction of sp³-hybridized carbons (Fsp3) is 0.333. The maximum atomic E-state index is 9.28. The Balaban J connectivity index is -0.0000000600. The molecule has 0 saturated heterocycles. The molecule has 0 atom stereocenters. The van der Waals surface area contributed by atoms with Crippen molar-refractivity contribution in [2.75, 3.05) is 0 Å². The van der Waals surface area contributed by atoms with Gasteiger partial charge in [0, 0.05) is 18.4 Å². The van der Waals surface area contributed by atoms with Crippen LogP contribution in [0.3, 0.4) is 0 Å². The maximum absolute atomic E-state index is 9.28. The number of carboxylic acid groups (broad SMARTS) is 2. The van der Waals surface area contributed by atoms with E-state index in [2.05, 4.69) is 0 Å². The standard InChI is InChI=1S/C3H4O4.Cu.2H2O/c4-2(5)1-3(6)7;;;/h1H2,(H,4,5)(H,6,7);;2*1H2/q;+2;;. The van der Waals surface area contributed by atoms with Gasteiger partial charge in [-0.2, -0.15) is 0 Å². The zero-order chi connectivity index (χ0) is 5.86. The van der Waals surface area contributed by atoms with Crippen LogP contribution in [0.5, 0.6) is 0 Å². The number of carbonyl (C=O) groups excluding carboxylic acids is 2. The van der Waals surface area contributed by atoms with E-state index in [1.165, 1.54) is 0 Å². The molecule has 0 amide bonds. The van der Waals surface area contributed by atoms with Crippen LogP contribution in [-0.4, -0.2) is 11.9 Å². The largest absolute Gasteiger partial charge is 2.00 e. The average Bonchev–Trinajstić information content (AvgIpc) is 1.27. The minimum Gasteiger partial charge on any atom is -0.550 e. The van der Waals surface area contributed by atoms with Gasteiger partial charge in [0.25, 0.3) is 0 Å². The minimum atomic E-state index is -1.63. The Labute approximate surface area is 66.9 Å². The van der Waals surface area contributed by atoms with Crippen molar-refractivity contribution in [2.45, 2.75) is 6.42 Å². The van der Waals surface area contributed by atoms with Crippen LogP contribution in [0.4, 0.5) is 0 Å². The van der Waals surface area contributed by atoms with Gasteiger partial charge in [0.2, 0.25) is 0 Å². The van der Waals surface area contributed by atoms with Gasteiger partial charge in [-0.15, -0.1) is 0 Å². The second-order valence-electron chi connectivity index (χ2n) is 0.921. The van der Waals surface area contributed by atoms with Gasteiger partial charge in [0.15, 0.2) is 0 Å². The van der Waals surface area contributed by atoms with Crippen molar-refractivity contribution in [1.29, 1.82) is 0 Å². The van der Waals surface area contributed by atoms with E-state index in [0.717, 1.165) is 0 Å². The van der Waals surface area contributed by atoms with Crippen LogP contribution < -0.4 is 10.2 Å². The molecule has 0 aliphatic rings. The predicted octanol–water partition coefficient (Wildman–Crippen LogP) is -4.97. The molecule has 65 valence electrons. The third-order valence-electron chi connectivity index (χ3n) is 0.289. The summed E-state index contributed by atoms with van der Waals surface area (Å²) in [4.78, 5) is 18.6. The summed E-state index contributed by atoms with van der Waals surface area (Å²) in [7, 11) is 0. The average molecular weight is 204 g/mol. The van der Waals surface area contributed by atoms with Gasteiger partial charge in [-0.05, 0) is 0 Å². The zero-order valence-corrected chi connectivity index (χ0v) is 5.74. The van der Waals surface area contributed by atoms with E-state index < -0.39 is 18.4 Å².